The van der Waals surface area contributed by atoms with Crippen LogP contribution in [-0.4, -0.2) is 12.6 Å². The Balaban J connectivity index is 1.76. The van der Waals surface area contributed by atoms with E-state index in [0.717, 1.165) is 22.4 Å². The molecular weight excluding hydrogens is 300 g/mol. The second-order valence-corrected chi connectivity index (χ2v) is 6.36. The molecule has 3 aromatic rings. The molecule has 0 N–H and O–H groups in total. The predicted octanol–water partition coefficient (Wildman–Crippen LogP) is 5.46. The van der Waals surface area contributed by atoms with E-state index in [1.165, 1.54) is 18.4 Å². The van der Waals surface area contributed by atoms with Gasteiger partial charge >= 0.3 is 5.97 Å². The monoisotopic (exact) mass is 320 g/mol. The van der Waals surface area contributed by atoms with Gasteiger partial charge in [-0.2, -0.15) is 0 Å². The molecule has 0 saturated heterocycles. The summed E-state index contributed by atoms with van der Waals surface area (Å²) in [4.78, 5) is 12.2. The van der Waals surface area contributed by atoms with Gasteiger partial charge < -0.3 is 9.15 Å². The normalized spacial score (nSPS) is 14.1. The molecule has 24 heavy (non-hydrogen) atoms. The van der Waals surface area contributed by atoms with Gasteiger partial charge in [-0.3, -0.25) is 0 Å². The van der Waals surface area contributed by atoms with Crippen LogP contribution in [0.15, 0.2) is 46.9 Å². The average molecular weight is 320 g/mol. The van der Waals surface area contributed by atoms with Crippen molar-refractivity contribution in [2.45, 2.75) is 32.6 Å². The molecule has 0 atom stereocenters. The summed E-state index contributed by atoms with van der Waals surface area (Å²) in [7, 11) is 0. The van der Waals surface area contributed by atoms with Gasteiger partial charge in [0.15, 0.2) is 0 Å². The number of furan rings is 1. The fourth-order valence-corrected chi connectivity index (χ4v) is 3.22. The van der Waals surface area contributed by atoms with Crippen LogP contribution in [0.3, 0.4) is 0 Å². The van der Waals surface area contributed by atoms with Gasteiger partial charge in [0.1, 0.15) is 16.9 Å². The Morgan fingerprint density at radius 2 is 1.83 bits per heavy atom. The van der Waals surface area contributed by atoms with Gasteiger partial charge in [0, 0.05) is 5.39 Å². The molecule has 0 radical (unpaired) electrons. The van der Waals surface area contributed by atoms with E-state index in [2.05, 4.69) is 24.3 Å². The Morgan fingerprint density at radius 3 is 2.50 bits per heavy atom. The van der Waals surface area contributed by atoms with Crippen molar-refractivity contribution in [2.24, 2.45) is 0 Å². The highest BCUT2D eigenvalue weighted by Crippen LogP contribution is 2.40. The van der Waals surface area contributed by atoms with Crippen molar-refractivity contribution in [3.8, 4) is 11.1 Å². The second-order valence-electron chi connectivity index (χ2n) is 6.36. The van der Waals surface area contributed by atoms with Crippen molar-refractivity contribution in [1.29, 1.82) is 0 Å². The van der Waals surface area contributed by atoms with Crippen molar-refractivity contribution in [1.82, 2.24) is 0 Å². The summed E-state index contributed by atoms with van der Waals surface area (Å²) in [6.45, 7) is 3.96. The highest BCUT2D eigenvalue weighted by molar-refractivity contribution is 6.05. The summed E-state index contributed by atoms with van der Waals surface area (Å²) < 4.78 is 10.9. The van der Waals surface area contributed by atoms with Crippen LogP contribution >= 0.6 is 0 Å². The van der Waals surface area contributed by atoms with Crippen LogP contribution in [-0.2, 0) is 4.74 Å². The van der Waals surface area contributed by atoms with E-state index in [9.17, 15) is 4.79 Å². The topological polar surface area (TPSA) is 39.4 Å². The third kappa shape index (κ3) is 2.60. The summed E-state index contributed by atoms with van der Waals surface area (Å²) >= 11 is 0. The first-order chi connectivity index (χ1) is 11.7. The van der Waals surface area contributed by atoms with Gasteiger partial charge in [-0.1, -0.05) is 30.3 Å². The number of esters is 1. The quantitative estimate of drug-likeness (QED) is 0.599. The molecule has 1 aromatic heterocycles. The minimum atomic E-state index is -0.324. The first-order valence-corrected chi connectivity index (χ1v) is 8.48. The van der Waals surface area contributed by atoms with Gasteiger partial charge in [0.25, 0.3) is 0 Å². The number of hydrogen-bond acceptors (Lipinski definition) is 3. The lowest BCUT2D eigenvalue weighted by molar-refractivity contribution is 0.0526. The van der Waals surface area contributed by atoms with E-state index in [4.69, 9.17) is 9.15 Å². The number of carbonyl (C=O) groups excluding carboxylic acids is 1. The maximum Gasteiger partial charge on any atom is 0.342 e. The minimum Gasteiger partial charge on any atom is -0.462 e. The van der Waals surface area contributed by atoms with Crippen LogP contribution in [0, 0.1) is 6.92 Å². The van der Waals surface area contributed by atoms with Gasteiger partial charge in [-0.05, 0) is 61.4 Å². The maximum atomic E-state index is 12.2. The molecule has 0 unspecified atom stereocenters. The Kier molecular flexibility index (Phi) is 3.64. The summed E-state index contributed by atoms with van der Waals surface area (Å²) in [5, 5.41) is 0.815. The molecule has 1 heterocycles. The molecule has 0 aliphatic heterocycles. The van der Waals surface area contributed by atoms with Gasteiger partial charge in [0.05, 0.1) is 6.61 Å². The number of ether oxygens (including phenoxy) is 1. The number of hydrogen-bond donors (Lipinski definition) is 0. The number of carbonyl (C=O) groups is 1. The summed E-state index contributed by atoms with van der Waals surface area (Å²) in [6, 6.07) is 14.7. The number of aryl methyl sites for hydroxylation is 1. The molecule has 1 saturated carbocycles. The lowest BCUT2D eigenvalue weighted by atomic mass is 10.00. The zero-order valence-electron chi connectivity index (χ0n) is 14.0. The van der Waals surface area contributed by atoms with E-state index < -0.39 is 0 Å². The molecular formula is C21H20O3. The lowest BCUT2D eigenvalue weighted by Gasteiger charge is -2.05. The minimum absolute atomic E-state index is 0.324. The predicted molar refractivity (Wildman–Crippen MR) is 94.3 cm³/mol. The average Bonchev–Trinajstić information content (AvgIpc) is 3.37. The van der Waals surface area contributed by atoms with Crippen LogP contribution in [0.25, 0.3) is 22.1 Å². The number of fused-ring (bicyclic) bond motifs is 1. The Hall–Kier alpha value is -2.55. The summed E-state index contributed by atoms with van der Waals surface area (Å²) in [5.74, 6) is 1.04. The van der Waals surface area contributed by atoms with E-state index >= 15 is 0 Å². The fraction of sp³-hybridized carbons (Fsp3) is 0.286. The molecule has 4 rings (SSSR count). The van der Waals surface area contributed by atoms with Gasteiger partial charge in [-0.25, -0.2) is 4.79 Å². The van der Waals surface area contributed by atoms with E-state index in [-0.39, 0.29) is 5.97 Å². The first-order valence-electron chi connectivity index (χ1n) is 8.48. The van der Waals surface area contributed by atoms with Crippen molar-refractivity contribution in [3.63, 3.8) is 0 Å². The highest BCUT2D eigenvalue weighted by atomic mass is 16.5. The lowest BCUT2D eigenvalue weighted by Crippen LogP contribution is -2.05. The van der Waals surface area contributed by atoms with E-state index in [1.807, 2.05) is 25.1 Å². The Morgan fingerprint density at radius 1 is 1.12 bits per heavy atom. The Labute approximate surface area is 141 Å². The zero-order valence-corrected chi connectivity index (χ0v) is 14.0. The third-order valence-corrected chi connectivity index (χ3v) is 4.64. The molecule has 0 bridgehead atoms. The molecule has 3 heteroatoms. The second kappa shape index (κ2) is 5.82. The molecule has 1 aliphatic rings. The van der Waals surface area contributed by atoms with Crippen LogP contribution in [0.1, 0.15) is 47.4 Å². The van der Waals surface area contributed by atoms with Crippen molar-refractivity contribution in [2.75, 3.05) is 6.61 Å². The van der Waals surface area contributed by atoms with Crippen molar-refractivity contribution in [3.05, 3.63) is 59.4 Å². The zero-order chi connectivity index (χ0) is 16.7. The third-order valence-electron chi connectivity index (χ3n) is 4.64. The molecule has 2 aromatic carbocycles. The molecule has 0 spiro atoms. The molecule has 1 aliphatic carbocycles. The first kappa shape index (κ1) is 15.0. The molecule has 3 nitrogen and oxygen atoms in total. The van der Waals surface area contributed by atoms with Gasteiger partial charge in [0.2, 0.25) is 0 Å². The smallest absolute Gasteiger partial charge is 0.342 e. The van der Waals surface area contributed by atoms with E-state index in [1.54, 1.807) is 6.92 Å². The van der Waals surface area contributed by atoms with E-state index in [0.29, 0.717) is 23.5 Å². The van der Waals surface area contributed by atoms with Crippen LogP contribution in [0.5, 0.6) is 0 Å². The van der Waals surface area contributed by atoms with Crippen LogP contribution in [0.4, 0.5) is 0 Å². The number of benzene rings is 2. The molecule has 122 valence electrons. The Bertz CT molecular complexity index is 899. The number of rotatable bonds is 4. The fourth-order valence-electron chi connectivity index (χ4n) is 3.22. The van der Waals surface area contributed by atoms with Crippen molar-refractivity contribution < 1.29 is 13.9 Å². The van der Waals surface area contributed by atoms with Crippen LogP contribution in [0.2, 0.25) is 0 Å². The molecule has 0 amide bonds. The molecule has 1 fully saturated rings. The summed E-state index contributed by atoms with van der Waals surface area (Å²) in [6.07, 6.45) is 2.62. The highest BCUT2D eigenvalue weighted by Gasteiger charge is 2.23. The largest absolute Gasteiger partial charge is 0.462 e. The van der Waals surface area contributed by atoms with Gasteiger partial charge in [-0.15, -0.1) is 0 Å². The SMILES string of the molecule is CCOC(=O)c1c(C)oc2ccc(-c3ccc(C4CC4)cc3)cc12. The van der Waals surface area contributed by atoms with Crippen LogP contribution < -0.4 is 0 Å². The van der Waals surface area contributed by atoms with Crippen molar-refractivity contribution >= 4 is 16.9 Å². The summed E-state index contributed by atoms with van der Waals surface area (Å²) in [5.41, 5.74) is 4.90. The maximum absolute atomic E-state index is 12.2. The standard InChI is InChI=1S/C21H20O3/c1-3-23-21(22)20-13(2)24-19-11-10-17(12-18(19)20)16-8-6-15(7-9-16)14-4-5-14/h6-12,14H,3-5H2,1-2H3.